The highest BCUT2D eigenvalue weighted by molar-refractivity contribution is 6.33. The van der Waals surface area contributed by atoms with E-state index in [2.05, 4.69) is 51.2 Å². The number of aryl methyl sites for hydroxylation is 2. The van der Waals surface area contributed by atoms with Crippen LogP contribution in [0.4, 0.5) is 5.82 Å². The summed E-state index contributed by atoms with van der Waals surface area (Å²) >= 11 is 6.57. The molecule has 0 unspecified atom stereocenters. The Hall–Kier alpha value is -2.93. The van der Waals surface area contributed by atoms with Crippen molar-refractivity contribution in [2.45, 2.75) is 20.4 Å². The third-order valence-corrected chi connectivity index (χ3v) is 5.56. The maximum absolute atomic E-state index is 13.1. The van der Waals surface area contributed by atoms with Gasteiger partial charge in [0.15, 0.2) is 0 Å². The van der Waals surface area contributed by atoms with Crippen LogP contribution in [0, 0.1) is 13.8 Å². The SMILES string of the molecule is Cc1ccc(Cn2nc(C)c(C(=O)N3CCN(c4cnccn4)CC3)c2Cl)cc1. The first-order valence-electron chi connectivity index (χ1n) is 9.61. The molecular formula is C21H23ClN6O. The van der Waals surface area contributed by atoms with E-state index in [0.29, 0.717) is 49.1 Å². The lowest BCUT2D eigenvalue weighted by molar-refractivity contribution is 0.0746. The molecule has 0 spiro atoms. The molecule has 0 atom stereocenters. The van der Waals surface area contributed by atoms with E-state index in [1.165, 1.54) is 5.56 Å². The second-order valence-corrected chi connectivity index (χ2v) is 7.60. The summed E-state index contributed by atoms with van der Waals surface area (Å²) in [6.07, 6.45) is 5.08. The van der Waals surface area contributed by atoms with Gasteiger partial charge in [-0.3, -0.25) is 9.78 Å². The number of anilines is 1. The van der Waals surface area contributed by atoms with Crippen molar-refractivity contribution in [3.63, 3.8) is 0 Å². The summed E-state index contributed by atoms with van der Waals surface area (Å²) in [6, 6.07) is 8.22. The molecule has 0 radical (unpaired) electrons. The van der Waals surface area contributed by atoms with Gasteiger partial charge in [-0.15, -0.1) is 0 Å². The summed E-state index contributed by atoms with van der Waals surface area (Å²) in [7, 11) is 0. The average Bonchev–Trinajstić information content (AvgIpc) is 3.03. The van der Waals surface area contributed by atoms with Gasteiger partial charge in [-0.05, 0) is 19.4 Å². The molecule has 2 aromatic heterocycles. The zero-order valence-electron chi connectivity index (χ0n) is 16.5. The minimum atomic E-state index is -0.0681. The molecule has 1 aromatic carbocycles. The van der Waals surface area contributed by atoms with Crippen LogP contribution < -0.4 is 4.90 Å². The molecule has 8 heteroatoms. The molecule has 4 rings (SSSR count). The predicted molar refractivity (Wildman–Crippen MR) is 112 cm³/mol. The summed E-state index contributed by atoms with van der Waals surface area (Å²) in [5, 5.41) is 4.91. The normalized spacial score (nSPS) is 14.3. The van der Waals surface area contributed by atoms with E-state index in [4.69, 9.17) is 11.6 Å². The molecule has 7 nitrogen and oxygen atoms in total. The minimum absolute atomic E-state index is 0.0681. The van der Waals surface area contributed by atoms with Crippen LogP contribution in [0.3, 0.4) is 0 Å². The van der Waals surface area contributed by atoms with Gasteiger partial charge < -0.3 is 9.80 Å². The van der Waals surface area contributed by atoms with E-state index in [9.17, 15) is 4.79 Å². The first-order chi connectivity index (χ1) is 14.0. The maximum atomic E-state index is 13.1. The van der Waals surface area contributed by atoms with Crippen LogP contribution >= 0.6 is 11.6 Å². The third-order valence-electron chi connectivity index (χ3n) is 5.17. The van der Waals surface area contributed by atoms with Crippen molar-refractivity contribution < 1.29 is 4.79 Å². The lowest BCUT2D eigenvalue weighted by atomic mass is 10.1. The number of piperazine rings is 1. The maximum Gasteiger partial charge on any atom is 0.259 e. The minimum Gasteiger partial charge on any atom is -0.352 e. The van der Waals surface area contributed by atoms with Crippen LogP contribution in [0.1, 0.15) is 27.2 Å². The third kappa shape index (κ3) is 4.10. The number of nitrogens with zero attached hydrogens (tertiary/aromatic N) is 6. The van der Waals surface area contributed by atoms with E-state index in [-0.39, 0.29) is 5.91 Å². The van der Waals surface area contributed by atoms with E-state index in [0.717, 1.165) is 11.4 Å². The first kappa shape index (κ1) is 19.4. The summed E-state index contributed by atoms with van der Waals surface area (Å²) in [5.74, 6) is 0.765. The Kier molecular flexibility index (Phi) is 5.49. The second kappa shape index (κ2) is 8.21. The van der Waals surface area contributed by atoms with Crippen molar-refractivity contribution in [2.24, 2.45) is 0 Å². The van der Waals surface area contributed by atoms with E-state index in [1.54, 1.807) is 23.3 Å². The fraction of sp³-hybridized carbons (Fsp3) is 0.333. The fourth-order valence-electron chi connectivity index (χ4n) is 3.52. The topological polar surface area (TPSA) is 67.2 Å². The molecule has 0 aliphatic carbocycles. The number of carbonyl (C=O) groups is 1. The first-order valence-corrected chi connectivity index (χ1v) is 9.99. The molecule has 1 fully saturated rings. The van der Waals surface area contributed by atoms with Crippen LogP contribution in [0.15, 0.2) is 42.9 Å². The quantitative estimate of drug-likeness (QED) is 0.661. The number of hydrogen-bond acceptors (Lipinski definition) is 5. The molecule has 1 saturated heterocycles. The lowest BCUT2D eigenvalue weighted by Gasteiger charge is -2.35. The monoisotopic (exact) mass is 410 g/mol. The van der Waals surface area contributed by atoms with Gasteiger partial charge in [0.25, 0.3) is 5.91 Å². The molecule has 29 heavy (non-hydrogen) atoms. The van der Waals surface area contributed by atoms with E-state index < -0.39 is 0 Å². The molecule has 1 aliphatic rings. The number of amides is 1. The Labute approximate surface area is 174 Å². The average molecular weight is 411 g/mol. The van der Waals surface area contributed by atoms with Crippen molar-refractivity contribution in [1.29, 1.82) is 0 Å². The van der Waals surface area contributed by atoms with Crippen molar-refractivity contribution in [2.75, 3.05) is 31.1 Å². The zero-order valence-corrected chi connectivity index (χ0v) is 17.3. The molecule has 0 saturated carbocycles. The van der Waals surface area contributed by atoms with Crippen molar-refractivity contribution in [1.82, 2.24) is 24.6 Å². The number of carbonyl (C=O) groups excluding carboxylic acids is 1. The highest BCUT2D eigenvalue weighted by Gasteiger charge is 2.28. The Morgan fingerprint density at radius 3 is 2.45 bits per heavy atom. The molecule has 1 amide bonds. The zero-order chi connectivity index (χ0) is 20.4. The standard InChI is InChI=1S/C21H23ClN6O/c1-15-3-5-17(6-4-15)14-28-20(22)19(16(2)25-28)21(29)27-11-9-26(10-12-27)18-13-23-7-8-24-18/h3-8,13H,9-12,14H2,1-2H3. The number of halogens is 1. The molecular weight excluding hydrogens is 388 g/mol. The van der Waals surface area contributed by atoms with Crippen LogP contribution in [0.25, 0.3) is 0 Å². The number of benzene rings is 1. The highest BCUT2D eigenvalue weighted by Crippen LogP contribution is 2.24. The largest absolute Gasteiger partial charge is 0.352 e. The van der Waals surface area contributed by atoms with Crippen LogP contribution in [-0.4, -0.2) is 56.7 Å². The molecule has 3 heterocycles. The smallest absolute Gasteiger partial charge is 0.259 e. The van der Waals surface area contributed by atoms with Gasteiger partial charge in [0.1, 0.15) is 11.0 Å². The Morgan fingerprint density at radius 1 is 1.07 bits per heavy atom. The predicted octanol–water partition coefficient (Wildman–Crippen LogP) is 2.95. The summed E-state index contributed by atoms with van der Waals surface area (Å²) < 4.78 is 1.70. The van der Waals surface area contributed by atoms with Crippen LogP contribution in [0.5, 0.6) is 0 Å². The Morgan fingerprint density at radius 2 is 1.79 bits per heavy atom. The van der Waals surface area contributed by atoms with Crippen LogP contribution in [-0.2, 0) is 6.54 Å². The van der Waals surface area contributed by atoms with Gasteiger partial charge >= 0.3 is 0 Å². The molecule has 0 N–H and O–H groups in total. The summed E-state index contributed by atoms with van der Waals surface area (Å²) in [5.41, 5.74) is 3.44. The van der Waals surface area contributed by atoms with E-state index >= 15 is 0 Å². The van der Waals surface area contributed by atoms with Crippen molar-refractivity contribution >= 4 is 23.3 Å². The van der Waals surface area contributed by atoms with Gasteiger partial charge in [0.05, 0.1) is 24.0 Å². The number of rotatable bonds is 4. The molecule has 0 bridgehead atoms. The van der Waals surface area contributed by atoms with Gasteiger partial charge in [0.2, 0.25) is 0 Å². The van der Waals surface area contributed by atoms with Gasteiger partial charge in [-0.25, -0.2) is 9.67 Å². The van der Waals surface area contributed by atoms with Gasteiger partial charge in [-0.2, -0.15) is 5.10 Å². The van der Waals surface area contributed by atoms with Crippen LogP contribution in [0.2, 0.25) is 5.15 Å². The van der Waals surface area contributed by atoms with E-state index in [1.807, 2.05) is 11.8 Å². The molecule has 1 aliphatic heterocycles. The highest BCUT2D eigenvalue weighted by atomic mass is 35.5. The Balaban J connectivity index is 1.46. The number of hydrogen-bond donors (Lipinski definition) is 0. The van der Waals surface area contributed by atoms with Crippen molar-refractivity contribution in [3.8, 4) is 0 Å². The summed E-state index contributed by atoms with van der Waals surface area (Å²) in [6.45, 7) is 7.05. The van der Waals surface area contributed by atoms with Gasteiger partial charge in [-0.1, -0.05) is 41.4 Å². The lowest BCUT2D eigenvalue weighted by Crippen LogP contribution is -2.49. The van der Waals surface area contributed by atoms with Gasteiger partial charge in [0, 0.05) is 38.6 Å². The molecule has 150 valence electrons. The Bertz CT molecular complexity index is 994. The number of aromatic nitrogens is 4. The molecule has 3 aromatic rings. The second-order valence-electron chi connectivity index (χ2n) is 7.24. The summed E-state index contributed by atoms with van der Waals surface area (Å²) in [4.78, 5) is 25.5. The van der Waals surface area contributed by atoms with Crippen molar-refractivity contribution in [3.05, 3.63) is 70.4 Å². The fourth-order valence-corrected chi connectivity index (χ4v) is 3.83.